The molecule has 0 fully saturated rings. The molecule has 54 valence electrons. The quantitative estimate of drug-likeness (QED) is 0.506. The minimum Gasteiger partial charge on any atom is -0.380 e. The molecule has 0 saturated carbocycles. The van der Waals surface area contributed by atoms with Gasteiger partial charge in [-0.2, -0.15) is 0 Å². The first-order chi connectivity index (χ1) is 4.20. The van der Waals surface area contributed by atoms with E-state index in [1.54, 1.807) is 0 Å². The molecule has 0 aliphatic carbocycles. The van der Waals surface area contributed by atoms with Gasteiger partial charge in [-0.1, -0.05) is 0 Å². The van der Waals surface area contributed by atoms with E-state index in [-0.39, 0.29) is 18.4 Å². The fourth-order valence-corrected chi connectivity index (χ4v) is 0.487. The molecule has 0 radical (unpaired) electrons. The summed E-state index contributed by atoms with van der Waals surface area (Å²) in [5.41, 5.74) is 10.1. The molecule has 0 aromatic rings. The van der Waals surface area contributed by atoms with Crippen molar-refractivity contribution in [2.24, 2.45) is 11.5 Å². The molecule has 4 N–H and O–H groups in total. The number of carbonyl (C=O) groups is 1. The van der Waals surface area contributed by atoms with Gasteiger partial charge in [-0.15, -0.1) is 0 Å². The van der Waals surface area contributed by atoms with Crippen molar-refractivity contribution in [3.63, 3.8) is 0 Å². The number of primary amides is 1. The maximum absolute atomic E-state index is 10.2. The van der Waals surface area contributed by atoms with Crippen molar-refractivity contribution in [3.8, 4) is 0 Å². The highest BCUT2D eigenvalue weighted by molar-refractivity contribution is 5.74. The molecule has 0 spiro atoms. The second-order valence-electron chi connectivity index (χ2n) is 1.76. The van der Waals surface area contributed by atoms with Gasteiger partial charge in [0.05, 0.1) is 12.5 Å². The van der Waals surface area contributed by atoms with Crippen LogP contribution in [0.5, 0.6) is 0 Å². The van der Waals surface area contributed by atoms with Gasteiger partial charge in [-0.25, -0.2) is 0 Å². The molecule has 0 aromatic carbocycles. The third kappa shape index (κ3) is 3.93. The van der Waals surface area contributed by atoms with Gasteiger partial charge in [-0.3, -0.25) is 4.79 Å². The van der Waals surface area contributed by atoms with Crippen LogP contribution >= 0.6 is 0 Å². The van der Waals surface area contributed by atoms with Crippen LogP contribution in [0.3, 0.4) is 0 Å². The van der Waals surface area contributed by atoms with Crippen molar-refractivity contribution >= 4 is 5.91 Å². The number of hydrogen-bond acceptors (Lipinski definition) is 3. The van der Waals surface area contributed by atoms with Crippen LogP contribution in [0.2, 0.25) is 0 Å². The first-order valence-electron chi connectivity index (χ1n) is 2.72. The number of hydrogen-bond donors (Lipinski definition) is 2. The highest BCUT2D eigenvalue weighted by Crippen LogP contribution is 1.91. The van der Waals surface area contributed by atoms with Crippen LogP contribution in [0, 0.1) is 0 Å². The summed E-state index contributed by atoms with van der Waals surface area (Å²) in [6, 6.07) is 0. The normalized spacial score (nSPS) is 13.1. The number of methoxy groups -OCH3 is 1. The van der Waals surface area contributed by atoms with E-state index in [0.29, 0.717) is 6.54 Å². The number of nitrogens with two attached hydrogens (primary N) is 2. The monoisotopic (exact) mass is 132 g/mol. The first-order valence-corrected chi connectivity index (χ1v) is 2.72. The highest BCUT2D eigenvalue weighted by Gasteiger charge is 2.06. The SMILES string of the molecule is CO[C@H](CN)CC(N)=O. The topological polar surface area (TPSA) is 78.3 Å². The molecule has 4 nitrogen and oxygen atoms in total. The number of rotatable bonds is 4. The third-order valence-electron chi connectivity index (χ3n) is 1.03. The molecule has 1 atom stereocenters. The average Bonchev–Trinajstić information content (AvgIpc) is 1.82. The second-order valence-corrected chi connectivity index (χ2v) is 1.76. The van der Waals surface area contributed by atoms with Gasteiger partial charge in [-0.05, 0) is 0 Å². The molecule has 0 aromatic heterocycles. The second kappa shape index (κ2) is 4.29. The van der Waals surface area contributed by atoms with Crippen molar-refractivity contribution in [2.45, 2.75) is 12.5 Å². The molecule has 4 heteroatoms. The van der Waals surface area contributed by atoms with E-state index in [1.165, 1.54) is 7.11 Å². The minimum absolute atomic E-state index is 0.201. The van der Waals surface area contributed by atoms with Gasteiger partial charge in [0.15, 0.2) is 0 Å². The molecule has 0 aliphatic rings. The summed E-state index contributed by atoms with van der Waals surface area (Å²) in [6.07, 6.45) is -0.0185. The van der Waals surface area contributed by atoms with Crippen molar-refractivity contribution in [3.05, 3.63) is 0 Å². The maximum Gasteiger partial charge on any atom is 0.220 e. The van der Waals surface area contributed by atoms with Crippen LogP contribution in [0.25, 0.3) is 0 Å². The molecule has 1 amide bonds. The lowest BCUT2D eigenvalue weighted by Crippen LogP contribution is -2.28. The Labute approximate surface area is 54.2 Å². The Morgan fingerprint density at radius 2 is 2.33 bits per heavy atom. The molecule has 0 rings (SSSR count). The van der Waals surface area contributed by atoms with Crippen LogP contribution < -0.4 is 11.5 Å². The van der Waals surface area contributed by atoms with E-state index < -0.39 is 0 Å². The number of ether oxygens (including phenoxy) is 1. The lowest BCUT2D eigenvalue weighted by Gasteiger charge is -2.08. The van der Waals surface area contributed by atoms with Gasteiger partial charge in [0.25, 0.3) is 0 Å². The van der Waals surface area contributed by atoms with E-state index in [1.807, 2.05) is 0 Å². The van der Waals surface area contributed by atoms with Crippen LogP contribution in [0.4, 0.5) is 0 Å². The van der Waals surface area contributed by atoms with E-state index >= 15 is 0 Å². The lowest BCUT2D eigenvalue weighted by atomic mass is 10.2. The Kier molecular flexibility index (Phi) is 4.00. The Bertz CT molecular complexity index is 91.0. The Morgan fingerprint density at radius 1 is 1.78 bits per heavy atom. The van der Waals surface area contributed by atoms with Crippen LogP contribution in [0.15, 0.2) is 0 Å². The number of carbonyl (C=O) groups excluding carboxylic acids is 1. The molecule has 0 saturated heterocycles. The zero-order valence-electron chi connectivity index (χ0n) is 5.46. The van der Waals surface area contributed by atoms with Gasteiger partial charge in [0.1, 0.15) is 0 Å². The molecular formula is C5H12N2O2. The highest BCUT2D eigenvalue weighted by atomic mass is 16.5. The fraction of sp³-hybridized carbons (Fsp3) is 0.800. The Morgan fingerprint density at radius 3 is 2.44 bits per heavy atom. The van der Waals surface area contributed by atoms with E-state index in [0.717, 1.165) is 0 Å². The zero-order valence-corrected chi connectivity index (χ0v) is 5.46. The lowest BCUT2D eigenvalue weighted by molar-refractivity contribution is -0.120. The molecule has 0 unspecified atom stereocenters. The van der Waals surface area contributed by atoms with Gasteiger partial charge in [0.2, 0.25) is 5.91 Å². The first kappa shape index (κ1) is 8.39. The molecule has 9 heavy (non-hydrogen) atoms. The summed E-state index contributed by atoms with van der Waals surface area (Å²) in [7, 11) is 1.50. The molecule has 0 bridgehead atoms. The predicted molar refractivity (Wildman–Crippen MR) is 33.7 cm³/mol. The largest absolute Gasteiger partial charge is 0.380 e. The summed E-state index contributed by atoms with van der Waals surface area (Å²) in [5.74, 6) is -0.382. The summed E-state index contributed by atoms with van der Waals surface area (Å²) in [5, 5.41) is 0. The fourth-order valence-electron chi connectivity index (χ4n) is 0.487. The van der Waals surface area contributed by atoms with E-state index in [4.69, 9.17) is 16.2 Å². The summed E-state index contributed by atoms with van der Waals surface area (Å²) < 4.78 is 4.78. The smallest absolute Gasteiger partial charge is 0.220 e. The molecular weight excluding hydrogens is 120 g/mol. The van der Waals surface area contributed by atoms with Gasteiger partial charge >= 0.3 is 0 Å². The Hall–Kier alpha value is -0.610. The standard InChI is InChI=1S/C5H12N2O2/c1-9-4(3-6)2-5(7)8/h4H,2-3,6H2,1H3,(H2,7,8)/t4-/m0/s1. The van der Waals surface area contributed by atoms with Gasteiger partial charge < -0.3 is 16.2 Å². The minimum atomic E-state index is -0.382. The van der Waals surface area contributed by atoms with E-state index in [9.17, 15) is 4.79 Å². The summed E-state index contributed by atoms with van der Waals surface area (Å²) in [6.45, 7) is 0.333. The molecule has 0 heterocycles. The van der Waals surface area contributed by atoms with Crippen molar-refractivity contribution in [1.82, 2.24) is 0 Å². The van der Waals surface area contributed by atoms with Crippen LogP contribution in [-0.2, 0) is 9.53 Å². The van der Waals surface area contributed by atoms with Crippen LogP contribution in [-0.4, -0.2) is 25.7 Å². The Balaban J connectivity index is 3.43. The third-order valence-corrected chi connectivity index (χ3v) is 1.03. The van der Waals surface area contributed by atoms with Crippen LogP contribution in [0.1, 0.15) is 6.42 Å². The van der Waals surface area contributed by atoms with Crippen molar-refractivity contribution in [1.29, 1.82) is 0 Å². The molecule has 0 aliphatic heterocycles. The van der Waals surface area contributed by atoms with Crippen molar-refractivity contribution < 1.29 is 9.53 Å². The summed E-state index contributed by atoms with van der Waals surface area (Å²) >= 11 is 0. The average molecular weight is 132 g/mol. The predicted octanol–water partition coefficient (Wildman–Crippen LogP) is -1.16. The number of amides is 1. The van der Waals surface area contributed by atoms with E-state index in [2.05, 4.69) is 0 Å². The maximum atomic E-state index is 10.2. The van der Waals surface area contributed by atoms with Crippen molar-refractivity contribution in [2.75, 3.05) is 13.7 Å². The van der Waals surface area contributed by atoms with Gasteiger partial charge in [0, 0.05) is 13.7 Å². The summed E-state index contributed by atoms with van der Waals surface area (Å²) in [4.78, 5) is 10.2. The zero-order chi connectivity index (χ0) is 7.28.